The Morgan fingerprint density at radius 3 is 2.14 bits per heavy atom. The van der Waals surface area contributed by atoms with Gasteiger partial charge in [0.1, 0.15) is 0 Å². The lowest BCUT2D eigenvalue weighted by Gasteiger charge is -2.23. The van der Waals surface area contributed by atoms with Gasteiger partial charge >= 0.3 is 0 Å². The summed E-state index contributed by atoms with van der Waals surface area (Å²) in [6.45, 7) is 4.11. The van der Waals surface area contributed by atoms with Crippen LogP contribution in [-0.2, 0) is 11.2 Å². The molecule has 0 fully saturated rings. The van der Waals surface area contributed by atoms with Gasteiger partial charge in [0.2, 0.25) is 6.29 Å². The van der Waals surface area contributed by atoms with Crippen LogP contribution in [0, 0.1) is 5.41 Å². The molecule has 0 saturated heterocycles. The van der Waals surface area contributed by atoms with Crippen molar-refractivity contribution in [3.63, 3.8) is 0 Å². The van der Waals surface area contributed by atoms with Crippen LogP contribution in [0.4, 0.5) is 0 Å². The predicted molar refractivity (Wildman–Crippen MR) is 58.9 cm³/mol. The van der Waals surface area contributed by atoms with E-state index in [0.717, 1.165) is 19.3 Å². The van der Waals surface area contributed by atoms with E-state index in [1.807, 2.05) is 18.2 Å². The second-order valence-electron chi connectivity index (χ2n) is 3.75. The quantitative estimate of drug-likeness (QED) is 0.695. The molecule has 0 atom stereocenters. The third kappa shape index (κ3) is 2.44. The van der Waals surface area contributed by atoms with Gasteiger partial charge in [-0.25, -0.2) is 0 Å². The van der Waals surface area contributed by atoms with Gasteiger partial charge in [0, 0.05) is 5.41 Å². The van der Waals surface area contributed by atoms with E-state index >= 15 is 0 Å². The topological polar surface area (TPSA) is 17.1 Å². The first-order valence-corrected chi connectivity index (χ1v) is 5.19. The van der Waals surface area contributed by atoms with Crippen molar-refractivity contribution in [3.8, 4) is 0 Å². The fourth-order valence-electron chi connectivity index (χ4n) is 1.67. The van der Waals surface area contributed by atoms with Crippen LogP contribution in [0.3, 0.4) is 0 Å². The molecule has 0 N–H and O–H groups in total. The second kappa shape index (κ2) is 4.94. The standard InChI is InChI=1S/C13H17O/c1-3-13(4-2,11-14)10-12-8-6-5-7-9-12/h5-9H,3-4,10H2,1-2H3. The fourth-order valence-corrected chi connectivity index (χ4v) is 1.67. The Hall–Kier alpha value is -1.11. The van der Waals surface area contributed by atoms with Crippen molar-refractivity contribution in [1.82, 2.24) is 0 Å². The SMILES string of the molecule is CCC([C]=O)(CC)Cc1ccccc1. The van der Waals surface area contributed by atoms with Gasteiger partial charge in [0.15, 0.2) is 0 Å². The number of hydrogen-bond donors (Lipinski definition) is 0. The first-order valence-electron chi connectivity index (χ1n) is 5.19. The van der Waals surface area contributed by atoms with E-state index < -0.39 is 0 Å². The van der Waals surface area contributed by atoms with E-state index in [4.69, 9.17) is 0 Å². The van der Waals surface area contributed by atoms with Crippen molar-refractivity contribution in [2.45, 2.75) is 33.1 Å². The van der Waals surface area contributed by atoms with Gasteiger partial charge in [-0.2, -0.15) is 0 Å². The van der Waals surface area contributed by atoms with Gasteiger partial charge in [-0.1, -0.05) is 44.2 Å². The summed E-state index contributed by atoms with van der Waals surface area (Å²) in [6, 6.07) is 10.1. The molecular weight excluding hydrogens is 172 g/mol. The Balaban J connectivity index is 2.79. The minimum Gasteiger partial charge on any atom is -0.290 e. The van der Waals surface area contributed by atoms with Gasteiger partial charge in [0.25, 0.3) is 0 Å². The fraction of sp³-hybridized carbons (Fsp3) is 0.462. The highest BCUT2D eigenvalue weighted by atomic mass is 16.1. The summed E-state index contributed by atoms with van der Waals surface area (Å²) in [6.07, 6.45) is 4.75. The number of rotatable bonds is 5. The summed E-state index contributed by atoms with van der Waals surface area (Å²) >= 11 is 0. The van der Waals surface area contributed by atoms with Crippen molar-refractivity contribution in [2.75, 3.05) is 0 Å². The monoisotopic (exact) mass is 189 g/mol. The van der Waals surface area contributed by atoms with Crippen LogP contribution in [0.1, 0.15) is 32.3 Å². The Morgan fingerprint density at radius 1 is 1.14 bits per heavy atom. The summed E-state index contributed by atoms with van der Waals surface area (Å²) < 4.78 is 0. The van der Waals surface area contributed by atoms with E-state index in [0.29, 0.717) is 0 Å². The minimum atomic E-state index is -0.276. The first kappa shape index (κ1) is 11.0. The second-order valence-corrected chi connectivity index (χ2v) is 3.75. The molecule has 0 aliphatic heterocycles. The summed E-state index contributed by atoms with van der Waals surface area (Å²) in [5.41, 5.74) is 0.945. The average molecular weight is 189 g/mol. The summed E-state index contributed by atoms with van der Waals surface area (Å²) in [5, 5.41) is 0. The number of benzene rings is 1. The smallest absolute Gasteiger partial charge is 0.205 e. The molecule has 0 unspecified atom stereocenters. The van der Waals surface area contributed by atoms with Gasteiger partial charge < -0.3 is 0 Å². The first-order chi connectivity index (χ1) is 6.76. The van der Waals surface area contributed by atoms with Crippen LogP contribution in [0.15, 0.2) is 30.3 Å². The zero-order valence-electron chi connectivity index (χ0n) is 8.92. The maximum Gasteiger partial charge on any atom is 0.205 e. The molecule has 75 valence electrons. The van der Waals surface area contributed by atoms with Crippen LogP contribution < -0.4 is 0 Å². The third-order valence-corrected chi connectivity index (χ3v) is 2.96. The van der Waals surface area contributed by atoms with E-state index in [9.17, 15) is 4.79 Å². The molecule has 0 aromatic heterocycles. The number of carbonyl (C=O) groups excluding carboxylic acids is 1. The lowest BCUT2D eigenvalue weighted by molar-refractivity contribution is 0.357. The Kier molecular flexibility index (Phi) is 3.87. The molecule has 0 heterocycles. The largest absolute Gasteiger partial charge is 0.290 e. The molecule has 1 rings (SSSR count). The third-order valence-electron chi connectivity index (χ3n) is 2.96. The minimum absolute atomic E-state index is 0.276. The Labute approximate surface area is 86.1 Å². The molecule has 0 aliphatic rings. The highest BCUT2D eigenvalue weighted by molar-refractivity contribution is 5.60. The lowest BCUT2D eigenvalue weighted by atomic mass is 9.78. The van der Waals surface area contributed by atoms with E-state index in [1.54, 1.807) is 0 Å². The van der Waals surface area contributed by atoms with Gasteiger partial charge in [-0.3, -0.25) is 4.79 Å². The van der Waals surface area contributed by atoms with Gasteiger partial charge in [-0.05, 0) is 24.8 Å². The van der Waals surface area contributed by atoms with Crippen molar-refractivity contribution in [2.24, 2.45) is 5.41 Å². The van der Waals surface area contributed by atoms with Gasteiger partial charge in [0.05, 0.1) is 0 Å². The Morgan fingerprint density at radius 2 is 1.71 bits per heavy atom. The molecule has 0 bridgehead atoms. The van der Waals surface area contributed by atoms with Crippen LogP contribution in [0.25, 0.3) is 0 Å². The highest BCUT2D eigenvalue weighted by Gasteiger charge is 2.26. The normalized spacial score (nSPS) is 11.3. The maximum atomic E-state index is 11.0. The summed E-state index contributed by atoms with van der Waals surface area (Å²) in [7, 11) is 0. The molecule has 1 aromatic rings. The van der Waals surface area contributed by atoms with Crippen molar-refractivity contribution < 1.29 is 4.79 Å². The van der Waals surface area contributed by atoms with E-state index in [2.05, 4.69) is 32.3 Å². The molecule has 0 saturated carbocycles. The molecule has 14 heavy (non-hydrogen) atoms. The summed E-state index contributed by atoms with van der Waals surface area (Å²) in [4.78, 5) is 11.0. The van der Waals surface area contributed by atoms with E-state index in [-0.39, 0.29) is 5.41 Å². The van der Waals surface area contributed by atoms with Crippen LogP contribution >= 0.6 is 0 Å². The lowest BCUT2D eigenvalue weighted by Crippen LogP contribution is -2.23. The number of hydrogen-bond acceptors (Lipinski definition) is 1. The molecule has 0 aliphatic carbocycles. The average Bonchev–Trinajstić information content (AvgIpc) is 2.28. The molecule has 1 aromatic carbocycles. The molecular formula is C13H17O. The van der Waals surface area contributed by atoms with Gasteiger partial charge in [-0.15, -0.1) is 0 Å². The molecule has 0 amide bonds. The zero-order chi connectivity index (χ0) is 10.4. The van der Waals surface area contributed by atoms with Crippen molar-refractivity contribution >= 4 is 6.29 Å². The van der Waals surface area contributed by atoms with E-state index in [1.165, 1.54) is 5.56 Å². The molecule has 0 spiro atoms. The molecule has 1 heteroatoms. The predicted octanol–water partition coefficient (Wildman–Crippen LogP) is 3.15. The van der Waals surface area contributed by atoms with Crippen molar-refractivity contribution in [1.29, 1.82) is 0 Å². The zero-order valence-corrected chi connectivity index (χ0v) is 8.92. The van der Waals surface area contributed by atoms with Crippen LogP contribution in [0.2, 0.25) is 0 Å². The maximum absolute atomic E-state index is 11.0. The van der Waals surface area contributed by atoms with Crippen LogP contribution in [0.5, 0.6) is 0 Å². The summed E-state index contributed by atoms with van der Waals surface area (Å²) in [5.74, 6) is 0. The Bertz CT molecular complexity index is 273. The molecule has 1 nitrogen and oxygen atoms in total. The van der Waals surface area contributed by atoms with Crippen molar-refractivity contribution in [3.05, 3.63) is 35.9 Å². The highest BCUT2D eigenvalue weighted by Crippen LogP contribution is 2.28. The molecule has 1 radical (unpaired) electrons. The van der Waals surface area contributed by atoms with Crippen LogP contribution in [-0.4, -0.2) is 6.29 Å².